The van der Waals surface area contributed by atoms with Crippen LogP contribution in [0.25, 0.3) is 0 Å². The first-order valence-electron chi connectivity index (χ1n) is 7.33. The molecule has 23 heavy (non-hydrogen) atoms. The van der Waals surface area contributed by atoms with E-state index in [2.05, 4.69) is 5.32 Å². The Labute approximate surface area is 142 Å². The Morgan fingerprint density at radius 2 is 2.09 bits per heavy atom. The molecule has 1 rings (SSSR count). The molecule has 0 aromatic heterocycles. The van der Waals surface area contributed by atoms with Crippen LogP contribution >= 0.6 is 11.6 Å². The van der Waals surface area contributed by atoms with E-state index < -0.39 is 16.1 Å². The molecule has 1 N–H and O–H groups in total. The number of benzene rings is 1. The first kappa shape index (κ1) is 19.6. The van der Waals surface area contributed by atoms with Gasteiger partial charge in [0.2, 0.25) is 15.9 Å². The van der Waals surface area contributed by atoms with E-state index in [0.717, 1.165) is 23.4 Å². The summed E-state index contributed by atoms with van der Waals surface area (Å²) in [6, 6.07) is 3.71. The highest BCUT2D eigenvalue weighted by Gasteiger charge is 2.31. The Morgan fingerprint density at radius 3 is 2.61 bits per heavy atom. The summed E-state index contributed by atoms with van der Waals surface area (Å²) in [5.41, 5.74) is 0.237. The maximum atomic E-state index is 12.3. The van der Waals surface area contributed by atoms with Gasteiger partial charge >= 0.3 is 0 Å². The summed E-state index contributed by atoms with van der Waals surface area (Å²) >= 11 is 5.98. The van der Waals surface area contributed by atoms with E-state index in [4.69, 9.17) is 16.3 Å². The smallest absolute Gasteiger partial charge is 0.243 e. The number of carbonyl (C=O) groups is 1. The van der Waals surface area contributed by atoms with Crippen LogP contribution < -0.4 is 14.4 Å². The Bertz CT molecular complexity index is 649. The highest BCUT2D eigenvalue weighted by atomic mass is 35.5. The fourth-order valence-electron chi connectivity index (χ4n) is 2.15. The van der Waals surface area contributed by atoms with Gasteiger partial charge in [0, 0.05) is 11.6 Å². The van der Waals surface area contributed by atoms with Crippen molar-refractivity contribution in [1.82, 2.24) is 5.32 Å². The SMILES string of the molecule is CCCCNC(=O)[C@@H](C)N(c1cc(Cl)ccc1OC)S(C)(=O)=O. The average Bonchev–Trinajstić information content (AvgIpc) is 2.46. The van der Waals surface area contributed by atoms with Crippen molar-refractivity contribution in [2.24, 2.45) is 0 Å². The molecule has 0 aliphatic rings. The van der Waals surface area contributed by atoms with Crippen LogP contribution in [0.15, 0.2) is 18.2 Å². The van der Waals surface area contributed by atoms with Gasteiger partial charge in [0.25, 0.3) is 0 Å². The van der Waals surface area contributed by atoms with Gasteiger partial charge in [0.15, 0.2) is 0 Å². The van der Waals surface area contributed by atoms with Crippen LogP contribution in [0.1, 0.15) is 26.7 Å². The minimum absolute atomic E-state index is 0.237. The Morgan fingerprint density at radius 1 is 1.43 bits per heavy atom. The van der Waals surface area contributed by atoms with Crippen LogP contribution in [-0.4, -0.2) is 40.3 Å². The van der Waals surface area contributed by atoms with E-state index in [1.165, 1.54) is 20.1 Å². The van der Waals surface area contributed by atoms with Gasteiger partial charge in [-0.05, 0) is 31.5 Å². The van der Waals surface area contributed by atoms with Crippen LogP contribution in [-0.2, 0) is 14.8 Å². The fourth-order valence-corrected chi connectivity index (χ4v) is 3.49. The third kappa shape index (κ3) is 5.28. The molecule has 1 aromatic carbocycles. The van der Waals surface area contributed by atoms with Crippen LogP contribution in [0.5, 0.6) is 5.75 Å². The second-order valence-electron chi connectivity index (χ2n) is 5.20. The van der Waals surface area contributed by atoms with Crippen LogP contribution in [0.3, 0.4) is 0 Å². The summed E-state index contributed by atoms with van der Waals surface area (Å²) in [6.45, 7) is 4.04. The normalized spacial score (nSPS) is 12.6. The number of anilines is 1. The number of nitrogens with zero attached hydrogens (tertiary/aromatic N) is 1. The molecule has 130 valence electrons. The number of sulfonamides is 1. The number of rotatable bonds is 8. The molecule has 0 aliphatic carbocycles. The van der Waals surface area contributed by atoms with Crippen molar-refractivity contribution in [2.75, 3.05) is 24.2 Å². The van der Waals surface area contributed by atoms with E-state index in [0.29, 0.717) is 17.3 Å². The molecule has 0 aliphatic heterocycles. The number of unbranched alkanes of at least 4 members (excludes halogenated alkanes) is 1. The Balaban J connectivity index is 3.21. The topological polar surface area (TPSA) is 75.7 Å². The molecular weight excluding hydrogens is 340 g/mol. The molecule has 0 bridgehead atoms. The number of nitrogens with one attached hydrogen (secondary N) is 1. The lowest BCUT2D eigenvalue weighted by molar-refractivity contribution is -0.121. The first-order chi connectivity index (χ1) is 10.7. The van der Waals surface area contributed by atoms with E-state index in [1.807, 2.05) is 6.92 Å². The van der Waals surface area contributed by atoms with Crippen LogP contribution in [0.4, 0.5) is 5.69 Å². The summed E-state index contributed by atoms with van der Waals surface area (Å²) in [6.07, 6.45) is 2.81. The van der Waals surface area contributed by atoms with Gasteiger partial charge < -0.3 is 10.1 Å². The highest BCUT2D eigenvalue weighted by Crippen LogP contribution is 2.34. The number of amides is 1. The van der Waals surface area contributed by atoms with Crippen molar-refractivity contribution in [2.45, 2.75) is 32.7 Å². The van der Waals surface area contributed by atoms with Crippen molar-refractivity contribution in [3.8, 4) is 5.75 Å². The van der Waals surface area contributed by atoms with Gasteiger partial charge in [0.1, 0.15) is 11.8 Å². The molecule has 0 fully saturated rings. The van der Waals surface area contributed by atoms with Gasteiger partial charge in [-0.15, -0.1) is 0 Å². The number of carbonyl (C=O) groups excluding carboxylic acids is 1. The average molecular weight is 363 g/mol. The third-order valence-electron chi connectivity index (χ3n) is 3.30. The van der Waals surface area contributed by atoms with Crippen LogP contribution in [0, 0.1) is 0 Å². The molecule has 0 saturated carbocycles. The minimum Gasteiger partial charge on any atom is -0.495 e. The van der Waals surface area contributed by atoms with Crippen molar-refractivity contribution in [3.05, 3.63) is 23.2 Å². The quantitative estimate of drug-likeness (QED) is 0.720. The van der Waals surface area contributed by atoms with Crippen molar-refractivity contribution >= 4 is 33.2 Å². The number of methoxy groups -OCH3 is 1. The number of ether oxygens (including phenoxy) is 1. The fraction of sp³-hybridized carbons (Fsp3) is 0.533. The maximum Gasteiger partial charge on any atom is 0.243 e. The lowest BCUT2D eigenvalue weighted by Crippen LogP contribution is -2.48. The predicted octanol–water partition coefficient (Wildman–Crippen LogP) is 2.42. The summed E-state index contributed by atoms with van der Waals surface area (Å²) in [5, 5.41) is 3.09. The molecular formula is C15H23ClN2O4S. The summed E-state index contributed by atoms with van der Waals surface area (Å²) in [5.74, 6) is -0.0427. The number of hydrogen-bond donors (Lipinski definition) is 1. The summed E-state index contributed by atoms with van der Waals surface area (Å²) in [4.78, 5) is 12.3. The van der Waals surface area contributed by atoms with E-state index in [1.54, 1.807) is 12.1 Å². The first-order valence-corrected chi connectivity index (χ1v) is 9.55. The van der Waals surface area contributed by atoms with Gasteiger partial charge in [-0.1, -0.05) is 24.9 Å². The third-order valence-corrected chi connectivity index (χ3v) is 4.76. The summed E-state index contributed by atoms with van der Waals surface area (Å²) in [7, 11) is -2.28. The van der Waals surface area contributed by atoms with Gasteiger partial charge in [0.05, 0.1) is 19.1 Å². The molecule has 8 heteroatoms. The lowest BCUT2D eigenvalue weighted by atomic mass is 10.2. The molecule has 1 aromatic rings. The zero-order valence-corrected chi connectivity index (χ0v) is 15.4. The van der Waals surface area contributed by atoms with Crippen molar-refractivity contribution < 1.29 is 17.9 Å². The van der Waals surface area contributed by atoms with Crippen molar-refractivity contribution in [1.29, 1.82) is 0 Å². The number of halogens is 1. The molecule has 0 unspecified atom stereocenters. The Kier molecular flexibility index (Phi) is 7.15. The molecule has 0 heterocycles. The molecule has 1 atom stereocenters. The summed E-state index contributed by atoms with van der Waals surface area (Å²) < 4.78 is 30.7. The lowest BCUT2D eigenvalue weighted by Gasteiger charge is -2.29. The van der Waals surface area contributed by atoms with E-state index in [-0.39, 0.29) is 11.6 Å². The highest BCUT2D eigenvalue weighted by molar-refractivity contribution is 7.92. The van der Waals surface area contributed by atoms with Gasteiger partial charge in [-0.2, -0.15) is 0 Å². The molecule has 0 radical (unpaired) electrons. The minimum atomic E-state index is -3.71. The standard InChI is InChI=1S/C15H23ClN2O4S/c1-5-6-9-17-15(19)11(2)18(23(4,20)21)13-10-12(16)7-8-14(13)22-3/h7-8,10-11H,5-6,9H2,1-4H3,(H,17,19)/t11-/m1/s1. The maximum absolute atomic E-state index is 12.3. The van der Waals surface area contributed by atoms with E-state index >= 15 is 0 Å². The predicted molar refractivity (Wildman–Crippen MR) is 92.7 cm³/mol. The zero-order chi connectivity index (χ0) is 17.6. The largest absolute Gasteiger partial charge is 0.495 e. The molecule has 6 nitrogen and oxygen atoms in total. The zero-order valence-electron chi connectivity index (χ0n) is 13.8. The monoisotopic (exact) mass is 362 g/mol. The van der Waals surface area contributed by atoms with Gasteiger partial charge in [-0.3, -0.25) is 9.10 Å². The van der Waals surface area contributed by atoms with Crippen molar-refractivity contribution in [3.63, 3.8) is 0 Å². The second-order valence-corrected chi connectivity index (χ2v) is 7.49. The number of hydrogen-bond acceptors (Lipinski definition) is 4. The Hall–Kier alpha value is -1.47. The van der Waals surface area contributed by atoms with Crippen LogP contribution in [0.2, 0.25) is 5.02 Å². The molecule has 0 saturated heterocycles. The van der Waals surface area contributed by atoms with E-state index in [9.17, 15) is 13.2 Å². The molecule has 1 amide bonds. The molecule has 0 spiro atoms. The van der Waals surface area contributed by atoms with Gasteiger partial charge in [-0.25, -0.2) is 8.42 Å². The second kappa shape index (κ2) is 8.40.